The number of carbonyl (C=O) groups excluding carboxylic acids is 1. The van der Waals surface area contributed by atoms with E-state index in [0.29, 0.717) is 13.0 Å². The Labute approximate surface area is 121 Å². The van der Waals surface area contributed by atoms with Gasteiger partial charge in [0.05, 0.1) is 18.7 Å². The van der Waals surface area contributed by atoms with Crippen molar-refractivity contribution in [1.29, 1.82) is 0 Å². The number of carbonyl (C=O) groups is 1. The molecule has 1 heterocycles. The van der Waals surface area contributed by atoms with Crippen LogP contribution in [0.4, 0.5) is 0 Å². The summed E-state index contributed by atoms with van der Waals surface area (Å²) in [7, 11) is 0. The molecule has 4 heteroatoms. The molecule has 1 aliphatic carbocycles. The minimum absolute atomic E-state index is 0.0334. The molecular weight excluding hydrogens is 252 g/mol. The second kappa shape index (κ2) is 7.78. The quantitative estimate of drug-likeness (QED) is 0.790. The van der Waals surface area contributed by atoms with E-state index in [4.69, 9.17) is 4.74 Å². The summed E-state index contributed by atoms with van der Waals surface area (Å²) >= 11 is 0. The van der Waals surface area contributed by atoms with E-state index in [2.05, 4.69) is 9.97 Å². The number of aromatic nitrogens is 2. The molecule has 20 heavy (non-hydrogen) atoms. The number of ether oxygens (including phenoxy) is 1. The monoisotopic (exact) mass is 276 g/mol. The molecule has 1 aromatic rings. The van der Waals surface area contributed by atoms with Gasteiger partial charge < -0.3 is 4.74 Å². The minimum Gasteiger partial charge on any atom is -0.466 e. The molecule has 0 saturated heterocycles. The molecule has 0 saturated carbocycles. The molecule has 0 radical (unpaired) electrons. The number of hydrogen-bond acceptors (Lipinski definition) is 4. The Balaban J connectivity index is 0.000000956. The first-order valence-electron chi connectivity index (χ1n) is 7.36. The Bertz CT molecular complexity index is 495. The third-order valence-electron chi connectivity index (χ3n) is 3.07. The molecule has 0 N–H and O–H groups in total. The van der Waals surface area contributed by atoms with Crippen molar-refractivity contribution in [3.05, 3.63) is 28.9 Å². The average molecular weight is 276 g/mol. The topological polar surface area (TPSA) is 52.1 Å². The van der Waals surface area contributed by atoms with Gasteiger partial charge in [-0.15, -0.1) is 0 Å². The van der Waals surface area contributed by atoms with Crippen LogP contribution >= 0.6 is 0 Å². The van der Waals surface area contributed by atoms with Gasteiger partial charge in [-0.1, -0.05) is 32.9 Å². The van der Waals surface area contributed by atoms with Crippen LogP contribution in [0.25, 0.3) is 6.08 Å². The molecule has 0 amide bonds. The van der Waals surface area contributed by atoms with E-state index in [-0.39, 0.29) is 11.9 Å². The van der Waals surface area contributed by atoms with Crippen molar-refractivity contribution in [1.82, 2.24) is 9.97 Å². The number of rotatable bonds is 4. The van der Waals surface area contributed by atoms with E-state index in [9.17, 15) is 4.79 Å². The fourth-order valence-electron chi connectivity index (χ4n) is 2.18. The van der Waals surface area contributed by atoms with E-state index in [1.165, 1.54) is 0 Å². The van der Waals surface area contributed by atoms with E-state index >= 15 is 0 Å². The lowest BCUT2D eigenvalue weighted by Gasteiger charge is -2.11. The van der Waals surface area contributed by atoms with Crippen molar-refractivity contribution in [2.75, 3.05) is 6.61 Å². The van der Waals surface area contributed by atoms with Crippen molar-refractivity contribution < 1.29 is 9.53 Å². The highest BCUT2D eigenvalue weighted by atomic mass is 16.5. The van der Waals surface area contributed by atoms with Crippen LogP contribution in [0, 0.1) is 6.92 Å². The molecule has 0 spiro atoms. The maximum absolute atomic E-state index is 11.5. The zero-order chi connectivity index (χ0) is 15.1. The number of hydrogen-bond donors (Lipinski definition) is 0. The maximum atomic E-state index is 11.5. The molecule has 1 unspecified atom stereocenters. The van der Waals surface area contributed by atoms with Gasteiger partial charge in [0.15, 0.2) is 0 Å². The summed E-state index contributed by atoms with van der Waals surface area (Å²) in [5.74, 6) is 0.698. The van der Waals surface area contributed by atoms with Gasteiger partial charge in [0.1, 0.15) is 5.82 Å². The Kier molecular flexibility index (Phi) is 6.36. The van der Waals surface area contributed by atoms with E-state index in [0.717, 1.165) is 29.2 Å². The number of allylic oxidation sites excluding steroid dienone is 1. The van der Waals surface area contributed by atoms with Crippen LogP contribution in [-0.2, 0) is 16.0 Å². The molecule has 4 nitrogen and oxygen atoms in total. The second-order valence-corrected chi connectivity index (χ2v) is 4.35. The highest BCUT2D eigenvalue weighted by Crippen LogP contribution is 2.32. The summed E-state index contributed by atoms with van der Waals surface area (Å²) in [4.78, 5) is 20.5. The molecule has 0 bridgehead atoms. The smallest absolute Gasteiger partial charge is 0.306 e. The highest BCUT2D eigenvalue weighted by Gasteiger charge is 2.24. The highest BCUT2D eigenvalue weighted by molar-refractivity contribution is 5.73. The Hall–Kier alpha value is -1.71. The lowest BCUT2D eigenvalue weighted by atomic mass is 10.0. The Morgan fingerprint density at radius 3 is 2.60 bits per heavy atom. The van der Waals surface area contributed by atoms with Crippen LogP contribution in [0.3, 0.4) is 0 Å². The molecule has 110 valence electrons. The van der Waals surface area contributed by atoms with Crippen LogP contribution in [0.1, 0.15) is 62.8 Å². The van der Waals surface area contributed by atoms with Crippen LogP contribution in [0.2, 0.25) is 0 Å². The first-order chi connectivity index (χ1) is 9.65. The van der Waals surface area contributed by atoms with Crippen LogP contribution < -0.4 is 0 Å². The lowest BCUT2D eigenvalue weighted by molar-refractivity contribution is -0.143. The first-order valence-corrected chi connectivity index (χ1v) is 7.36. The number of nitrogens with zero attached hydrogens (tertiary/aromatic N) is 2. The van der Waals surface area contributed by atoms with Gasteiger partial charge in [-0.3, -0.25) is 4.79 Å². The fraction of sp³-hybridized carbons (Fsp3) is 0.562. The molecule has 0 aliphatic heterocycles. The zero-order valence-corrected chi connectivity index (χ0v) is 13.1. The minimum atomic E-state index is -0.172. The van der Waals surface area contributed by atoms with Gasteiger partial charge >= 0.3 is 5.97 Å². The van der Waals surface area contributed by atoms with E-state index in [1.54, 1.807) is 0 Å². The second-order valence-electron chi connectivity index (χ2n) is 4.35. The zero-order valence-electron chi connectivity index (χ0n) is 13.1. The van der Waals surface area contributed by atoms with Crippen LogP contribution in [-0.4, -0.2) is 22.5 Å². The molecule has 0 aromatic carbocycles. The van der Waals surface area contributed by atoms with Gasteiger partial charge in [0.2, 0.25) is 0 Å². The van der Waals surface area contributed by atoms with Gasteiger partial charge in [0, 0.05) is 23.6 Å². The molecule has 1 aliphatic rings. The summed E-state index contributed by atoms with van der Waals surface area (Å²) in [5, 5.41) is 0. The van der Waals surface area contributed by atoms with Crippen molar-refractivity contribution in [2.24, 2.45) is 0 Å². The van der Waals surface area contributed by atoms with Crippen molar-refractivity contribution in [2.45, 2.75) is 53.4 Å². The van der Waals surface area contributed by atoms with Gasteiger partial charge in [0.25, 0.3) is 0 Å². The third kappa shape index (κ3) is 3.65. The summed E-state index contributed by atoms with van der Waals surface area (Å²) in [5.41, 5.74) is 3.01. The Morgan fingerprint density at radius 2 is 2.00 bits per heavy atom. The van der Waals surface area contributed by atoms with Crippen molar-refractivity contribution >= 4 is 12.0 Å². The molecule has 0 fully saturated rings. The summed E-state index contributed by atoms with van der Waals surface area (Å²) in [6.45, 7) is 10.3. The summed E-state index contributed by atoms with van der Waals surface area (Å²) in [6.07, 6.45) is 5.19. The predicted molar refractivity (Wildman–Crippen MR) is 80.5 cm³/mol. The Morgan fingerprint density at radius 1 is 1.30 bits per heavy atom. The third-order valence-corrected chi connectivity index (χ3v) is 3.07. The predicted octanol–water partition coefficient (Wildman–Crippen LogP) is 3.44. The summed E-state index contributed by atoms with van der Waals surface area (Å²) < 4.78 is 4.99. The molecule has 1 atom stereocenters. The number of esters is 1. The van der Waals surface area contributed by atoms with Crippen LogP contribution in [0.15, 0.2) is 6.08 Å². The SMILES string of the molecule is CC.CCOC(=O)CC1C=Cc2c(C)nc(CC)nc21. The number of fused-ring (bicyclic) bond motifs is 1. The van der Waals surface area contributed by atoms with Gasteiger partial charge in [-0.05, 0) is 13.8 Å². The van der Waals surface area contributed by atoms with Gasteiger partial charge in [-0.2, -0.15) is 0 Å². The lowest BCUT2D eigenvalue weighted by Crippen LogP contribution is -2.11. The van der Waals surface area contributed by atoms with Gasteiger partial charge in [-0.25, -0.2) is 9.97 Å². The largest absolute Gasteiger partial charge is 0.466 e. The average Bonchev–Trinajstić information content (AvgIpc) is 2.85. The molecular formula is C16H24N2O2. The van der Waals surface area contributed by atoms with Crippen molar-refractivity contribution in [3.63, 3.8) is 0 Å². The maximum Gasteiger partial charge on any atom is 0.306 e. The van der Waals surface area contributed by atoms with Crippen LogP contribution in [0.5, 0.6) is 0 Å². The fourth-order valence-corrected chi connectivity index (χ4v) is 2.18. The molecule has 1 aromatic heterocycles. The van der Waals surface area contributed by atoms with Crippen molar-refractivity contribution in [3.8, 4) is 0 Å². The standard InChI is InChI=1S/C14H18N2O2.C2H6/c1-4-12-15-9(3)11-7-6-10(14(11)16-12)8-13(17)18-5-2;1-2/h6-7,10H,4-5,8H2,1-3H3;1-2H3. The normalized spacial score (nSPS) is 15.3. The summed E-state index contributed by atoms with van der Waals surface area (Å²) in [6, 6.07) is 0. The first kappa shape index (κ1) is 16.3. The van der Waals surface area contributed by atoms with E-state index in [1.807, 2.05) is 46.8 Å². The molecule has 2 rings (SSSR count). The number of aryl methyl sites for hydroxylation is 2. The van der Waals surface area contributed by atoms with E-state index < -0.39 is 0 Å².